The van der Waals surface area contributed by atoms with Gasteiger partial charge in [0.25, 0.3) is 0 Å². The van der Waals surface area contributed by atoms with Gasteiger partial charge in [-0.15, -0.1) is 0 Å². The Morgan fingerprint density at radius 2 is 1.41 bits per heavy atom. The molecule has 1 aliphatic heterocycles. The molecule has 0 unspecified atom stereocenters. The van der Waals surface area contributed by atoms with Crippen molar-refractivity contribution >= 4 is 0 Å². The zero-order valence-electron chi connectivity index (χ0n) is 18.6. The molecule has 5 heteroatoms. The minimum Gasteiger partial charge on any atom is -0.388 e. The molecule has 29 heavy (non-hydrogen) atoms. The Morgan fingerprint density at radius 3 is 1.97 bits per heavy atom. The van der Waals surface area contributed by atoms with Gasteiger partial charge in [0, 0.05) is 0 Å². The fourth-order valence-electron chi connectivity index (χ4n) is 3.75. The quantitative estimate of drug-likeness (QED) is 0.214. The normalized spacial score (nSPS) is 23.2. The van der Waals surface area contributed by atoms with Crippen LogP contribution in [0.1, 0.15) is 96.8 Å². The molecule has 3 N–H and O–H groups in total. The van der Waals surface area contributed by atoms with Gasteiger partial charge in [-0.05, 0) is 19.3 Å². The van der Waals surface area contributed by atoms with Crippen LogP contribution >= 0.6 is 0 Å². The standard InChI is InChI=1S/C24H46O5/c1-2-3-4-5-6-7-8-9-10-11-12-13-14-15-16-17-18-28-19-22(26)24-23(27)21(25)20-29-24/h15-16,21-27H,2-14,17-20H2,1H3/b16-15+/t21-,22+,23+,24+/m0/s1. The van der Waals surface area contributed by atoms with Gasteiger partial charge in [-0.3, -0.25) is 0 Å². The van der Waals surface area contributed by atoms with Crippen LogP contribution < -0.4 is 0 Å². The van der Waals surface area contributed by atoms with E-state index in [4.69, 9.17) is 9.47 Å². The van der Waals surface area contributed by atoms with E-state index in [1.807, 2.05) is 0 Å². The predicted octanol–water partition coefficient (Wildman–Crippen LogP) is 4.52. The van der Waals surface area contributed by atoms with E-state index >= 15 is 0 Å². The lowest BCUT2D eigenvalue weighted by Crippen LogP contribution is -2.40. The zero-order valence-corrected chi connectivity index (χ0v) is 18.6. The Kier molecular flexibility index (Phi) is 16.8. The summed E-state index contributed by atoms with van der Waals surface area (Å²) >= 11 is 0. The van der Waals surface area contributed by atoms with Gasteiger partial charge in [0.15, 0.2) is 0 Å². The highest BCUT2D eigenvalue weighted by Gasteiger charge is 2.39. The Morgan fingerprint density at radius 1 is 0.862 bits per heavy atom. The van der Waals surface area contributed by atoms with Crippen molar-refractivity contribution in [3.63, 3.8) is 0 Å². The average Bonchev–Trinajstić information content (AvgIpc) is 3.05. The first-order valence-corrected chi connectivity index (χ1v) is 12.0. The third kappa shape index (κ3) is 13.5. The van der Waals surface area contributed by atoms with Crippen LogP contribution in [0.3, 0.4) is 0 Å². The highest BCUT2D eigenvalue weighted by molar-refractivity contribution is 4.88. The summed E-state index contributed by atoms with van der Waals surface area (Å²) in [5, 5.41) is 29.0. The van der Waals surface area contributed by atoms with E-state index in [0.29, 0.717) is 6.61 Å². The van der Waals surface area contributed by atoms with Gasteiger partial charge in [-0.25, -0.2) is 0 Å². The van der Waals surface area contributed by atoms with E-state index < -0.39 is 24.4 Å². The van der Waals surface area contributed by atoms with Crippen molar-refractivity contribution in [3.05, 3.63) is 12.2 Å². The molecule has 1 aliphatic rings. The fourth-order valence-corrected chi connectivity index (χ4v) is 3.75. The second-order valence-corrected chi connectivity index (χ2v) is 8.44. The number of aliphatic hydroxyl groups is 3. The molecule has 172 valence electrons. The number of allylic oxidation sites excluding steroid dienone is 1. The van der Waals surface area contributed by atoms with Gasteiger partial charge >= 0.3 is 0 Å². The number of hydrogen-bond acceptors (Lipinski definition) is 5. The van der Waals surface area contributed by atoms with Crippen molar-refractivity contribution in [3.8, 4) is 0 Å². The molecule has 0 saturated carbocycles. The van der Waals surface area contributed by atoms with E-state index in [2.05, 4.69) is 19.1 Å². The van der Waals surface area contributed by atoms with Gasteiger partial charge in [-0.2, -0.15) is 0 Å². The third-order valence-corrected chi connectivity index (χ3v) is 5.68. The zero-order chi connectivity index (χ0) is 21.2. The summed E-state index contributed by atoms with van der Waals surface area (Å²) in [6.45, 7) is 2.98. The summed E-state index contributed by atoms with van der Waals surface area (Å²) in [5.41, 5.74) is 0. The second-order valence-electron chi connectivity index (χ2n) is 8.44. The van der Waals surface area contributed by atoms with Gasteiger partial charge in [0.1, 0.15) is 24.4 Å². The number of ether oxygens (including phenoxy) is 2. The monoisotopic (exact) mass is 414 g/mol. The van der Waals surface area contributed by atoms with Crippen molar-refractivity contribution < 1.29 is 24.8 Å². The van der Waals surface area contributed by atoms with Crippen molar-refractivity contribution in [1.29, 1.82) is 0 Å². The summed E-state index contributed by atoms with van der Waals surface area (Å²) in [6.07, 6.45) is 19.2. The van der Waals surface area contributed by atoms with Crippen LogP contribution in [0.25, 0.3) is 0 Å². The number of rotatable bonds is 19. The highest BCUT2D eigenvalue weighted by Crippen LogP contribution is 2.18. The second kappa shape index (κ2) is 18.3. The van der Waals surface area contributed by atoms with Crippen LogP contribution in [0.4, 0.5) is 0 Å². The topological polar surface area (TPSA) is 79.2 Å². The van der Waals surface area contributed by atoms with E-state index in [1.165, 1.54) is 77.0 Å². The molecule has 0 bridgehead atoms. The van der Waals surface area contributed by atoms with Crippen LogP contribution in [-0.2, 0) is 9.47 Å². The molecule has 1 rings (SSSR count). The lowest BCUT2D eigenvalue weighted by atomic mass is 10.0. The van der Waals surface area contributed by atoms with Gasteiger partial charge in [-0.1, -0.05) is 89.7 Å². The Labute approximate surface area is 178 Å². The molecule has 0 radical (unpaired) electrons. The lowest BCUT2D eigenvalue weighted by Gasteiger charge is -2.20. The minimum absolute atomic E-state index is 0.0603. The maximum absolute atomic E-state index is 9.93. The van der Waals surface area contributed by atoms with Gasteiger partial charge in [0.2, 0.25) is 0 Å². The largest absolute Gasteiger partial charge is 0.388 e. The van der Waals surface area contributed by atoms with Crippen LogP contribution in [-0.4, -0.2) is 59.6 Å². The smallest absolute Gasteiger partial charge is 0.114 e. The Balaban J connectivity index is 1.80. The van der Waals surface area contributed by atoms with E-state index in [1.54, 1.807) is 0 Å². The number of hydrogen-bond donors (Lipinski definition) is 3. The highest BCUT2D eigenvalue weighted by atomic mass is 16.5. The molecule has 0 aromatic carbocycles. The summed E-state index contributed by atoms with van der Waals surface area (Å²) < 4.78 is 10.6. The molecule has 5 nitrogen and oxygen atoms in total. The first-order chi connectivity index (χ1) is 14.2. The summed E-state index contributed by atoms with van der Waals surface area (Å²) in [5.74, 6) is 0. The SMILES string of the molecule is CCCCCCCCCCCCCC/C=C/CCOC[C@@H](O)[C@H]1OC[C@H](O)[C@H]1O. The molecular formula is C24H46O5. The number of aliphatic hydroxyl groups excluding tert-OH is 3. The van der Waals surface area contributed by atoms with Crippen LogP contribution in [0.2, 0.25) is 0 Å². The minimum atomic E-state index is -1.04. The molecule has 0 spiro atoms. The van der Waals surface area contributed by atoms with Crippen molar-refractivity contribution in [2.24, 2.45) is 0 Å². The molecule has 0 amide bonds. The van der Waals surface area contributed by atoms with Gasteiger partial charge < -0.3 is 24.8 Å². The maximum atomic E-state index is 9.93. The molecular weight excluding hydrogens is 368 g/mol. The van der Waals surface area contributed by atoms with Crippen molar-refractivity contribution in [2.45, 2.75) is 121 Å². The van der Waals surface area contributed by atoms with Crippen molar-refractivity contribution in [1.82, 2.24) is 0 Å². The van der Waals surface area contributed by atoms with Gasteiger partial charge in [0.05, 0.1) is 19.8 Å². The van der Waals surface area contributed by atoms with Crippen LogP contribution in [0.15, 0.2) is 12.2 Å². The summed E-state index contributed by atoms with van der Waals surface area (Å²) in [6, 6.07) is 0. The van der Waals surface area contributed by atoms with E-state index in [9.17, 15) is 15.3 Å². The Bertz CT molecular complexity index is 387. The summed E-state index contributed by atoms with van der Waals surface area (Å²) in [4.78, 5) is 0. The molecule has 0 aromatic rings. The average molecular weight is 415 g/mol. The lowest BCUT2D eigenvalue weighted by molar-refractivity contribution is -0.0806. The van der Waals surface area contributed by atoms with Crippen LogP contribution in [0.5, 0.6) is 0 Å². The fraction of sp³-hybridized carbons (Fsp3) is 0.917. The molecule has 1 saturated heterocycles. The first kappa shape index (κ1) is 26.6. The Hall–Kier alpha value is -0.460. The predicted molar refractivity (Wildman–Crippen MR) is 118 cm³/mol. The molecule has 0 aromatic heterocycles. The van der Waals surface area contributed by atoms with Crippen LogP contribution in [0, 0.1) is 0 Å². The first-order valence-electron chi connectivity index (χ1n) is 12.0. The summed E-state index contributed by atoms with van der Waals surface area (Å²) in [7, 11) is 0. The third-order valence-electron chi connectivity index (χ3n) is 5.68. The maximum Gasteiger partial charge on any atom is 0.114 e. The van der Waals surface area contributed by atoms with E-state index in [-0.39, 0.29) is 13.2 Å². The van der Waals surface area contributed by atoms with E-state index in [0.717, 1.165) is 12.8 Å². The molecule has 1 fully saturated rings. The van der Waals surface area contributed by atoms with Crippen molar-refractivity contribution in [2.75, 3.05) is 19.8 Å². The molecule has 4 atom stereocenters. The molecule has 1 heterocycles. The number of unbranched alkanes of at least 4 members (excludes halogenated alkanes) is 12. The molecule has 0 aliphatic carbocycles.